The lowest BCUT2D eigenvalue weighted by Crippen LogP contribution is -2.24. The first kappa shape index (κ1) is 14.0. The lowest BCUT2D eigenvalue weighted by molar-refractivity contribution is 0.0770. The summed E-state index contributed by atoms with van der Waals surface area (Å²) in [5, 5.41) is 34.2. The van der Waals surface area contributed by atoms with Gasteiger partial charge in [0.15, 0.2) is 0 Å². The van der Waals surface area contributed by atoms with E-state index in [-0.39, 0.29) is 17.9 Å². The maximum absolute atomic E-state index is 9.25. The van der Waals surface area contributed by atoms with Crippen LogP contribution in [0.5, 0.6) is 0 Å². The van der Waals surface area contributed by atoms with Gasteiger partial charge in [-0.15, -0.1) is 5.10 Å². The van der Waals surface area contributed by atoms with Crippen molar-refractivity contribution in [2.75, 3.05) is 6.61 Å². The average molecular weight is 291 g/mol. The molecule has 3 N–H and O–H groups in total. The van der Waals surface area contributed by atoms with Crippen LogP contribution >= 0.6 is 34.8 Å². The van der Waals surface area contributed by atoms with Crippen LogP contribution in [-0.4, -0.2) is 43.0 Å². The van der Waals surface area contributed by atoms with Crippen LogP contribution in [0.15, 0.2) is 0 Å². The first-order chi connectivity index (χ1) is 7.40. The molecule has 1 heterocycles. The van der Waals surface area contributed by atoms with Crippen molar-refractivity contribution in [2.45, 2.75) is 23.0 Å². The average Bonchev–Trinajstić information content (AvgIpc) is 2.60. The van der Waals surface area contributed by atoms with Gasteiger partial charge >= 0.3 is 0 Å². The summed E-state index contributed by atoms with van der Waals surface area (Å²) in [6, 6.07) is 0. The molecule has 0 amide bonds. The molecule has 6 nitrogen and oxygen atoms in total. The topological polar surface area (TPSA) is 91.4 Å². The Kier molecular flexibility index (Phi) is 4.78. The zero-order chi connectivity index (χ0) is 12.3. The Labute approximate surface area is 106 Å². The quantitative estimate of drug-likeness (QED) is 0.676. The van der Waals surface area contributed by atoms with Gasteiger partial charge < -0.3 is 15.3 Å². The van der Waals surface area contributed by atoms with Crippen LogP contribution in [0, 0.1) is 0 Å². The standard InChI is InChI=1S/C7H10Cl3N3O3/c8-7(9,10)6-5(3-15)11-12-13(6)1-4(16)2-14/h4,14-16H,1-3H2. The summed E-state index contributed by atoms with van der Waals surface area (Å²) in [7, 11) is 0. The normalized spacial score (nSPS) is 14.1. The summed E-state index contributed by atoms with van der Waals surface area (Å²) < 4.78 is -0.670. The number of aromatic nitrogens is 3. The molecule has 1 rings (SSSR count). The Morgan fingerprint density at radius 3 is 2.38 bits per heavy atom. The number of halogens is 3. The fourth-order valence-electron chi connectivity index (χ4n) is 1.15. The molecule has 0 radical (unpaired) electrons. The fraction of sp³-hybridized carbons (Fsp3) is 0.714. The molecule has 0 spiro atoms. The monoisotopic (exact) mass is 289 g/mol. The molecule has 0 saturated carbocycles. The summed E-state index contributed by atoms with van der Waals surface area (Å²) in [6.07, 6.45) is -1.04. The number of aliphatic hydroxyl groups is 3. The Morgan fingerprint density at radius 2 is 1.94 bits per heavy atom. The number of hydrogen-bond acceptors (Lipinski definition) is 5. The van der Waals surface area contributed by atoms with Crippen molar-refractivity contribution in [1.29, 1.82) is 0 Å². The first-order valence-electron chi connectivity index (χ1n) is 4.29. The minimum absolute atomic E-state index is 0.0764. The van der Waals surface area contributed by atoms with Crippen LogP contribution in [0.1, 0.15) is 11.4 Å². The second-order valence-corrected chi connectivity index (χ2v) is 5.34. The largest absolute Gasteiger partial charge is 0.394 e. The molecule has 0 aliphatic rings. The minimum atomic E-state index is -1.81. The predicted octanol–water partition coefficient (Wildman–Crippen LogP) is -0.0497. The lowest BCUT2D eigenvalue weighted by Gasteiger charge is -2.15. The van der Waals surface area contributed by atoms with Crippen molar-refractivity contribution in [3.8, 4) is 0 Å². The smallest absolute Gasteiger partial charge is 0.234 e. The van der Waals surface area contributed by atoms with Crippen molar-refractivity contribution >= 4 is 34.8 Å². The fourth-order valence-corrected chi connectivity index (χ4v) is 1.77. The Bertz CT molecular complexity index is 352. The van der Waals surface area contributed by atoms with E-state index >= 15 is 0 Å². The Hall–Kier alpha value is -0.110. The van der Waals surface area contributed by atoms with Gasteiger partial charge in [0.05, 0.1) is 25.9 Å². The maximum Gasteiger partial charge on any atom is 0.234 e. The van der Waals surface area contributed by atoms with Crippen molar-refractivity contribution < 1.29 is 15.3 Å². The van der Waals surface area contributed by atoms with E-state index in [0.717, 1.165) is 4.68 Å². The molecule has 0 saturated heterocycles. The zero-order valence-corrected chi connectivity index (χ0v) is 10.3. The molecule has 0 aromatic carbocycles. The number of aliphatic hydroxyl groups excluding tert-OH is 3. The van der Waals surface area contributed by atoms with E-state index in [1.54, 1.807) is 0 Å². The van der Waals surface area contributed by atoms with Crippen molar-refractivity contribution in [2.24, 2.45) is 0 Å². The molecule has 1 unspecified atom stereocenters. The maximum atomic E-state index is 9.25. The van der Waals surface area contributed by atoms with Gasteiger partial charge in [-0.2, -0.15) is 0 Å². The number of alkyl halides is 3. The van der Waals surface area contributed by atoms with E-state index in [0.29, 0.717) is 0 Å². The van der Waals surface area contributed by atoms with E-state index < -0.39 is 23.1 Å². The molecule has 16 heavy (non-hydrogen) atoms. The molecule has 0 aliphatic heterocycles. The van der Waals surface area contributed by atoms with Crippen molar-refractivity contribution in [3.63, 3.8) is 0 Å². The van der Waals surface area contributed by atoms with Gasteiger partial charge in [-0.05, 0) is 0 Å². The molecule has 9 heteroatoms. The number of hydrogen-bond donors (Lipinski definition) is 3. The third-order valence-electron chi connectivity index (χ3n) is 1.82. The molecule has 0 fully saturated rings. The van der Waals surface area contributed by atoms with Crippen LogP contribution in [0.3, 0.4) is 0 Å². The van der Waals surface area contributed by atoms with Crippen LogP contribution in [0.25, 0.3) is 0 Å². The number of nitrogens with zero attached hydrogens (tertiary/aromatic N) is 3. The van der Waals surface area contributed by atoms with Gasteiger partial charge in [0.25, 0.3) is 0 Å². The van der Waals surface area contributed by atoms with Gasteiger partial charge in [0.1, 0.15) is 11.4 Å². The number of rotatable bonds is 4. The summed E-state index contributed by atoms with van der Waals surface area (Å²) in [6.45, 7) is -0.960. The Morgan fingerprint density at radius 1 is 1.31 bits per heavy atom. The van der Waals surface area contributed by atoms with Crippen LogP contribution < -0.4 is 0 Å². The lowest BCUT2D eigenvalue weighted by atomic mass is 10.3. The van der Waals surface area contributed by atoms with E-state index in [4.69, 9.17) is 45.0 Å². The highest BCUT2D eigenvalue weighted by atomic mass is 35.6. The highest BCUT2D eigenvalue weighted by molar-refractivity contribution is 6.66. The molecular formula is C7H10Cl3N3O3. The third-order valence-corrected chi connectivity index (χ3v) is 2.35. The van der Waals surface area contributed by atoms with Crippen LogP contribution in [0.4, 0.5) is 0 Å². The first-order valence-corrected chi connectivity index (χ1v) is 5.42. The van der Waals surface area contributed by atoms with Crippen molar-refractivity contribution in [1.82, 2.24) is 15.0 Å². The summed E-state index contributed by atoms with van der Waals surface area (Å²) in [5.74, 6) is 0. The highest BCUT2D eigenvalue weighted by Crippen LogP contribution is 2.39. The molecule has 92 valence electrons. The molecule has 0 aliphatic carbocycles. The van der Waals surface area contributed by atoms with Gasteiger partial charge in [0.2, 0.25) is 3.79 Å². The van der Waals surface area contributed by atoms with E-state index in [1.165, 1.54) is 0 Å². The van der Waals surface area contributed by atoms with Crippen molar-refractivity contribution in [3.05, 3.63) is 11.4 Å². The SMILES string of the molecule is OCc1nnn(CC(O)CO)c1C(Cl)(Cl)Cl. The van der Waals surface area contributed by atoms with E-state index in [1.807, 2.05) is 0 Å². The Balaban J connectivity index is 3.05. The summed E-state index contributed by atoms with van der Waals surface area (Å²) >= 11 is 17.1. The van der Waals surface area contributed by atoms with Crippen LogP contribution in [-0.2, 0) is 16.9 Å². The second-order valence-electron chi connectivity index (χ2n) is 3.06. The molecule has 1 aromatic rings. The summed E-state index contributed by atoms with van der Waals surface area (Å²) in [4.78, 5) is 0. The minimum Gasteiger partial charge on any atom is -0.394 e. The summed E-state index contributed by atoms with van der Waals surface area (Å²) in [5.41, 5.74) is 0.192. The third kappa shape index (κ3) is 3.19. The van der Waals surface area contributed by atoms with Gasteiger partial charge in [0, 0.05) is 0 Å². The van der Waals surface area contributed by atoms with Crippen LogP contribution in [0.2, 0.25) is 0 Å². The van der Waals surface area contributed by atoms with E-state index in [2.05, 4.69) is 10.3 Å². The highest BCUT2D eigenvalue weighted by Gasteiger charge is 2.32. The molecule has 1 atom stereocenters. The predicted molar refractivity (Wildman–Crippen MR) is 58.3 cm³/mol. The second kappa shape index (κ2) is 5.48. The molecule has 0 bridgehead atoms. The van der Waals surface area contributed by atoms with Gasteiger partial charge in [-0.25, -0.2) is 4.68 Å². The molecule has 1 aromatic heterocycles. The molecular weight excluding hydrogens is 280 g/mol. The zero-order valence-electron chi connectivity index (χ0n) is 8.02. The van der Waals surface area contributed by atoms with Gasteiger partial charge in [-0.1, -0.05) is 40.0 Å². The van der Waals surface area contributed by atoms with Gasteiger partial charge in [-0.3, -0.25) is 0 Å². The van der Waals surface area contributed by atoms with E-state index in [9.17, 15) is 5.11 Å².